The number of nitrogens with one attached hydrogen (secondary N) is 2. The van der Waals surface area contributed by atoms with E-state index in [0.29, 0.717) is 33.0 Å². The van der Waals surface area contributed by atoms with E-state index in [1.807, 2.05) is 6.07 Å². The quantitative estimate of drug-likeness (QED) is 0.656. The van der Waals surface area contributed by atoms with E-state index in [2.05, 4.69) is 20.6 Å². The molecule has 3 rings (SSSR count). The van der Waals surface area contributed by atoms with E-state index in [0.717, 1.165) is 0 Å². The fourth-order valence-electron chi connectivity index (χ4n) is 2.22. The van der Waals surface area contributed by atoms with Crippen molar-refractivity contribution >= 4 is 46.3 Å². The smallest absolute Gasteiger partial charge is 0.274 e. The molecular formula is C18H14Cl2N4O2. The highest BCUT2D eigenvalue weighted by molar-refractivity contribution is 6.35. The molecule has 0 aliphatic carbocycles. The van der Waals surface area contributed by atoms with Crippen LogP contribution in [0.4, 0.5) is 17.2 Å². The lowest BCUT2D eigenvalue weighted by Gasteiger charge is -2.11. The summed E-state index contributed by atoms with van der Waals surface area (Å²) in [6.45, 7) is 0. The number of halogens is 2. The van der Waals surface area contributed by atoms with Crippen LogP contribution in [0.2, 0.25) is 10.0 Å². The number of ether oxygens (including phenoxy) is 1. The van der Waals surface area contributed by atoms with E-state index in [9.17, 15) is 4.79 Å². The summed E-state index contributed by atoms with van der Waals surface area (Å²) >= 11 is 12.1. The average Bonchev–Trinajstić information content (AvgIpc) is 2.65. The van der Waals surface area contributed by atoms with Crippen molar-refractivity contribution in [2.24, 2.45) is 0 Å². The highest BCUT2D eigenvalue weighted by Crippen LogP contribution is 2.28. The van der Waals surface area contributed by atoms with Crippen molar-refractivity contribution in [3.05, 3.63) is 70.6 Å². The summed E-state index contributed by atoms with van der Waals surface area (Å²) < 4.78 is 5.22. The van der Waals surface area contributed by atoms with Gasteiger partial charge in [-0.25, -0.2) is 9.97 Å². The van der Waals surface area contributed by atoms with Gasteiger partial charge < -0.3 is 15.4 Å². The molecule has 2 N–H and O–H groups in total. The zero-order chi connectivity index (χ0) is 18.5. The molecule has 2 aromatic carbocycles. The molecule has 0 bridgehead atoms. The molecule has 0 saturated carbocycles. The van der Waals surface area contributed by atoms with Crippen LogP contribution in [0.25, 0.3) is 0 Å². The summed E-state index contributed by atoms with van der Waals surface area (Å²) in [5.41, 5.74) is 1.31. The van der Waals surface area contributed by atoms with Crippen molar-refractivity contribution in [3.63, 3.8) is 0 Å². The third-order valence-corrected chi connectivity index (χ3v) is 4.01. The van der Waals surface area contributed by atoms with E-state index in [1.54, 1.807) is 36.4 Å². The third kappa shape index (κ3) is 4.22. The van der Waals surface area contributed by atoms with Crippen LogP contribution < -0.4 is 15.4 Å². The Kier molecular flexibility index (Phi) is 5.55. The number of methoxy groups -OCH3 is 1. The summed E-state index contributed by atoms with van der Waals surface area (Å²) in [6, 6.07) is 13.6. The Hall–Kier alpha value is -2.83. The summed E-state index contributed by atoms with van der Waals surface area (Å²) in [5, 5.41) is 6.79. The summed E-state index contributed by atoms with van der Waals surface area (Å²) in [4.78, 5) is 20.6. The molecule has 6 nitrogen and oxygen atoms in total. The fraction of sp³-hybridized carbons (Fsp3) is 0.0556. The number of benzene rings is 2. The van der Waals surface area contributed by atoms with Crippen LogP contribution in [0.5, 0.6) is 5.75 Å². The van der Waals surface area contributed by atoms with Crippen molar-refractivity contribution in [2.45, 2.75) is 0 Å². The van der Waals surface area contributed by atoms with Gasteiger partial charge in [-0.15, -0.1) is 0 Å². The minimum atomic E-state index is -0.392. The maximum atomic E-state index is 12.5. The first-order valence-corrected chi connectivity index (χ1v) is 8.31. The van der Waals surface area contributed by atoms with Crippen molar-refractivity contribution < 1.29 is 9.53 Å². The van der Waals surface area contributed by atoms with Gasteiger partial charge in [-0.2, -0.15) is 0 Å². The Labute approximate surface area is 160 Å². The second-order valence-corrected chi connectivity index (χ2v) is 6.04. The summed E-state index contributed by atoms with van der Waals surface area (Å²) in [7, 11) is 1.53. The molecule has 1 heterocycles. The molecule has 0 radical (unpaired) electrons. The highest BCUT2D eigenvalue weighted by Gasteiger charge is 2.12. The van der Waals surface area contributed by atoms with Gasteiger partial charge in [0, 0.05) is 11.1 Å². The van der Waals surface area contributed by atoms with Crippen LogP contribution in [0.3, 0.4) is 0 Å². The van der Waals surface area contributed by atoms with Gasteiger partial charge in [0.15, 0.2) is 0 Å². The monoisotopic (exact) mass is 388 g/mol. The zero-order valence-corrected chi connectivity index (χ0v) is 15.2. The van der Waals surface area contributed by atoms with Gasteiger partial charge in [0.05, 0.1) is 23.5 Å². The van der Waals surface area contributed by atoms with E-state index >= 15 is 0 Å². The second-order valence-electron chi connectivity index (χ2n) is 5.19. The number of anilines is 3. The molecule has 1 aromatic heterocycles. The predicted molar refractivity (Wildman–Crippen MR) is 103 cm³/mol. The molecule has 3 aromatic rings. The minimum absolute atomic E-state index is 0.187. The second kappa shape index (κ2) is 8.03. The van der Waals surface area contributed by atoms with Gasteiger partial charge in [0.2, 0.25) is 0 Å². The molecule has 0 spiro atoms. The van der Waals surface area contributed by atoms with Crippen LogP contribution >= 0.6 is 23.2 Å². The number of amides is 1. The minimum Gasteiger partial charge on any atom is -0.495 e. The Bertz CT molecular complexity index is 950. The maximum Gasteiger partial charge on any atom is 0.274 e. The standard InChI is InChI=1S/C18H14Cl2N4O2/c1-26-16-5-3-2-4-13(16)24-18(25)15-9-17(22-10-21-15)23-14-8-11(19)6-7-12(14)20/h2-10H,1H3,(H,24,25)(H,21,22,23). The largest absolute Gasteiger partial charge is 0.495 e. The lowest BCUT2D eigenvalue weighted by atomic mass is 10.2. The number of para-hydroxylation sites is 2. The summed E-state index contributed by atoms with van der Waals surface area (Å²) in [5.74, 6) is 0.574. The Balaban J connectivity index is 1.80. The van der Waals surface area contributed by atoms with Gasteiger partial charge in [0.25, 0.3) is 5.91 Å². The van der Waals surface area contributed by atoms with Gasteiger partial charge in [-0.3, -0.25) is 4.79 Å². The van der Waals surface area contributed by atoms with Crippen molar-refractivity contribution in [1.82, 2.24) is 9.97 Å². The van der Waals surface area contributed by atoms with Gasteiger partial charge >= 0.3 is 0 Å². The SMILES string of the molecule is COc1ccccc1NC(=O)c1cc(Nc2cc(Cl)ccc2Cl)ncn1. The Morgan fingerprint density at radius 3 is 2.65 bits per heavy atom. The number of carbonyl (C=O) groups excluding carboxylic acids is 1. The maximum absolute atomic E-state index is 12.5. The van der Waals surface area contributed by atoms with E-state index in [-0.39, 0.29) is 5.69 Å². The van der Waals surface area contributed by atoms with Crippen molar-refractivity contribution in [3.8, 4) is 5.75 Å². The first kappa shape index (κ1) is 18.0. The molecule has 0 aliphatic rings. The fourth-order valence-corrected chi connectivity index (χ4v) is 2.55. The van der Waals surface area contributed by atoms with Crippen LogP contribution in [0.1, 0.15) is 10.5 Å². The first-order chi connectivity index (χ1) is 12.6. The van der Waals surface area contributed by atoms with E-state index in [4.69, 9.17) is 27.9 Å². The molecule has 0 saturated heterocycles. The zero-order valence-electron chi connectivity index (χ0n) is 13.7. The lowest BCUT2D eigenvalue weighted by Crippen LogP contribution is -2.15. The van der Waals surface area contributed by atoms with Crippen molar-refractivity contribution in [2.75, 3.05) is 17.7 Å². The lowest BCUT2D eigenvalue weighted by molar-refractivity contribution is 0.102. The Morgan fingerprint density at radius 1 is 1.04 bits per heavy atom. The molecule has 8 heteroatoms. The Morgan fingerprint density at radius 2 is 1.85 bits per heavy atom. The highest BCUT2D eigenvalue weighted by atomic mass is 35.5. The number of hydrogen-bond donors (Lipinski definition) is 2. The van der Waals surface area contributed by atoms with Crippen LogP contribution in [0, 0.1) is 0 Å². The molecule has 0 fully saturated rings. The molecule has 1 amide bonds. The van der Waals surface area contributed by atoms with Gasteiger partial charge in [0.1, 0.15) is 23.6 Å². The number of rotatable bonds is 5. The molecule has 26 heavy (non-hydrogen) atoms. The number of aromatic nitrogens is 2. The van der Waals surface area contributed by atoms with Gasteiger partial charge in [-0.05, 0) is 30.3 Å². The third-order valence-electron chi connectivity index (χ3n) is 3.45. The molecule has 0 atom stereocenters. The van der Waals surface area contributed by atoms with Crippen LogP contribution in [-0.4, -0.2) is 23.0 Å². The van der Waals surface area contributed by atoms with Crippen LogP contribution in [-0.2, 0) is 0 Å². The normalized spacial score (nSPS) is 10.3. The first-order valence-electron chi connectivity index (χ1n) is 7.55. The molecule has 0 unspecified atom stereocenters. The average molecular weight is 389 g/mol. The van der Waals surface area contributed by atoms with Gasteiger partial charge in [-0.1, -0.05) is 35.3 Å². The topological polar surface area (TPSA) is 76.1 Å². The summed E-state index contributed by atoms with van der Waals surface area (Å²) in [6.07, 6.45) is 1.29. The number of carbonyl (C=O) groups is 1. The molecule has 0 aliphatic heterocycles. The predicted octanol–water partition coefficient (Wildman–Crippen LogP) is 4.79. The van der Waals surface area contributed by atoms with Crippen molar-refractivity contribution in [1.29, 1.82) is 0 Å². The number of nitrogens with zero attached hydrogens (tertiary/aromatic N) is 2. The van der Waals surface area contributed by atoms with E-state index in [1.165, 1.54) is 19.5 Å². The molecular weight excluding hydrogens is 375 g/mol. The van der Waals surface area contributed by atoms with E-state index < -0.39 is 5.91 Å². The molecule has 132 valence electrons. The van der Waals surface area contributed by atoms with Crippen LogP contribution in [0.15, 0.2) is 54.9 Å². The number of hydrogen-bond acceptors (Lipinski definition) is 5.